The fourth-order valence-electron chi connectivity index (χ4n) is 3.08. The standard InChI is InChI=1S/C16H24N6OS/c1-12-14(24-11-17-12)10-20(2)8-13-5-7-22(9-13)16(23)19-15-4-6-18-21(15)3/h4,6,11,13H,5,7-10H2,1-3H3,(H,19,23)/t13-/m1/s1. The topological polar surface area (TPSA) is 66.3 Å². The summed E-state index contributed by atoms with van der Waals surface area (Å²) in [4.78, 5) is 22.2. The summed E-state index contributed by atoms with van der Waals surface area (Å²) in [5.74, 6) is 1.24. The fraction of sp³-hybridized carbons (Fsp3) is 0.562. The predicted molar refractivity (Wildman–Crippen MR) is 95.1 cm³/mol. The van der Waals surface area contributed by atoms with Crippen LogP contribution in [0.2, 0.25) is 0 Å². The summed E-state index contributed by atoms with van der Waals surface area (Å²) >= 11 is 1.71. The Balaban J connectivity index is 1.47. The van der Waals surface area contributed by atoms with Gasteiger partial charge < -0.3 is 9.80 Å². The minimum atomic E-state index is -0.0398. The Labute approximate surface area is 146 Å². The number of hydrogen-bond acceptors (Lipinski definition) is 5. The van der Waals surface area contributed by atoms with Crippen molar-refractivity contribution in [3.05, 3.63) is 28.3 Å². The summed E-state index contributed by atoms with van der Waals surface area (Å²) in [5.41, 5.74) is 3.02. The van der Waals surface area contributed by atoms with Crippen LogP contribution < -0.4 is 5.32 Å². The number of urea groups is 1. The van der Waals surface area contributed by atoms with Gasteiger partial charge in [0.05, 0.1) is 17.4 Å². The zero-order chi connectivity index (χ0) is 17.1. The first-order valence-corrected chi connectivity index (χ1v) is 9.02. The molecule has 0 spiro atoms. The zero-order valence-electron chi connectivity index (χ0n) is 14.4. The van der Waals surface area contributed by atoms with Crippen LogP contribution in [0.15, 0.2) is 17.8 Å². The predicted octanol–water partition coefficient (Wildman–Crippen LogP) is 2.17. The average Bonchev–Trinajstić information content (AvgIpc) is 3.24. The van der Waals surface area contributed by atoms with Gasteiger partial charge in [-0.15, -0.1) is 11.3 Å². The number of aryl methyl sites for hydroxylation is 2. The SMILES string of the molecule is Cc1ncsc1CN(C)C[C@H]1CCN(C(=O)Nc2ccnn2C)C1. The molecule has 7 nitrogen and oxygen atoms in total. The molecule has 24 heavy (non-hydrogen) atoms. The molecular weight excluding hydrogens is 324 g/mol. The lowest BCUT2D eigenvalue weighted by Gasteiger charge is -2.21. The number of carbonyl (C=O) groups is 1. The van der Waals surface area contributed by atoms with Crippen LogP contribution in [0.5, 0.6) is 0 Å². The number of nitrogens with one attached hydrogen (secondary N) is 1. The van der Waals surface area contributed by atoms with Crippen LogP contribution in [-0.2, 0) is 13.6 Å². The van der Waals surface area contributed by atoms with Crippen LogP contribution in [0.4, 0.5) is 10.6 Å². The van der Waals surface area contributed by atoms with Crippen molar-refractivity contribution in [2.24, 2.45) is 13.0 Å². The summed E-state index contributed by atoms with van der Waals surface area (Å²) < 4.78 is 1.66. The molecule has 0 saturated carbocycles. The van der Waals surface area contributed by atoms with Crippen LogP contribution in [0.1, 0.15) is 17.0 Å². The Morgan fingerprint density at radius 2 is 2.38 bits per heavy atom. The molecular formula is C16H24N6OS. The van der Waals surface area contributed by atoms with E-state index in [0.29, 0.717) is 5.92 Å². The maximum absolute atomic E-state index is 12.4. The number of thiazole rings is 1. The van der Waals surface area contributed by atoms with E-state index in [4.69, 9.17) is 0 Å². The van der Waals surface area contributed by atoms with Gasteiger partial charge in [-0.2, -0.15) is 5.10 Å². The molecule has 0 aliphatic carbocycles. The third kappa shape index (κ3) is 3.93. The molecule has 1 aliphatic heterocycles. The molecule has 3 heterocycles. The van der Waals surface area contributed by atoms with E-state index < -0.39 is 0 Å². The number of rotatable bonds is 5. The van der Waals surface area contributed by atoms with Crippen molar-refractivity contribution in [2.45, 2.75) is 19.9 Å². The maximum atomic E-state index is 12.4. The normalized spacial score (nSPS) is 17.7. The second-order valence-corrected chi connectivity index (χ2v) is 7.37. The minimum Gasteiger partial charge on any atom is -0.324 e. The second-order valence-electron chi connectivity index (χ2n) is 6.43. The molecule has 0 radical (unpaired) electrons. The van der Waals surface area contributed by atoms with Crippen molar-refractivity contribution < 1.29 is 4.79 Å². The van der Waals surface area contributed by atoms with E-state index in [1.54, 1.807) is 28.3 Å². The number of nitrogens with zero attached hydrogens (tertiary/aromatic N) is 5. The maximum Gasteiger partial charge on any atom is 0.323 e. The first-order chi connectivity index (χ1) is 11.5. The van der Waals surface area contributed by atoms with Crippen LogP contribution >= 0.6 is 11.3 Å². The van der Waals surface area contributed by atoms with Gasteiger partial charge in [-0.25, -0.2) is 9.78 Å². The van der Waals surface area contributed by atoms with E-state index in [1.807, 2.05) is 17.5 Å². The highest BCUT2D eigenvalue weighted by Gasteiger charge is 2.27. The summed E-state index contributed by atoms with van der Waals surface area (Å²) in [6.07, 6.45) is 2.73. The van der Waals surface area contributed by atoms with Gasteiger partial charge in [0.1, 0.15) is 5.82 Å². The van der Waals surface area contributed by atoms with Gasteiger partial charge in [0, 0.05) is 44.2 Å². The number of aromatic nitrogens is 3. The summed E-state index contributed by atoms with van der Waals surface area (Å²) in [5, 5.41) is 6.98. The lowest BCUT2D eigenvalue weighted by Crippen LogP contribution is -2.35. The average molecular weight is 348 g/mol. The fourth-order valence-corrected chi connectivity index (χ4v) is 3.94. The molecule has 1 atom stereocenters. The van der Waals surface area contributed by atoms with Crippen molar-refractivity contribution in [3.63, 3.8) is 0 Å². The van der Waals surface area contributed by atoms with E-state index in [-0.39, 0.29) is 6.03 Å². The van der Waals surface area contributed by atoms with Crippen LogP contribution in [0.25, 0.3) is 0 Å². The van der Waals surface area contributed by atoms with Gasteiger partial charge in [0.2, 0.25) is 0 Å². The Hall–Kier alpha value is -1.93. The molecule has 1 aliphatic rings. The summed E-state index contributed by atoms with van der Waals surface area (Å²) in [7, 11) is 3.95. The van der Waals surface area contributed by atoms with E-state index >= 15 is 0 Å². The smallest absolute Gasteiger partial charge is 0.323 e. The Kier molecular flexibility index (Phi) is 5.15. The molecule has 3 rings (SSSR count). The third-order valence-electron chi connectivity index (χ3n) is 4.46. The van der Waals surface area contributed by atoms with Gasteiger partial charge in [0.25, 0.3) is 0 Å². The molecule has 8 heteroatoms. The molecule has 0 aromatic carbocycles. The van der Waals surface area contributed by atoms with Crippen molar-refractivity contribution in [2.75, 3.05) is 32.0 Å². The monoisotopic (exact) mass is 348 g/mol. The van der Waals surface area contributed by atoms with Gasteiger partial charge in [-0.05, 0) is 26.3 Å². The molecule has 0 unspecified atom stereocenters. The van der Waals surface area contributed by atoms with Crippen LogP contribution in [-0.4, -0.2) is 57.3 Å². The lowest BCUT2D eigenvalue weighted by atomic mass is 10.1. The molecule has 1 N–H and O–H groups in total. The van der Waals surface area contributed by atoms with E-state index in [9.17, 15) is 4.79 Å². The number of hydrogen-bond donors (Lipinski definition) is 1. The van der Waals surface area contributed by atoms with E-state index in [0.717, 1.165) is 44.1 Å². The third-order valence-corrected chi connectivity index (χ3v) is 5.38. The van der Waals surface area contributed by atoms with Gasteiger partial charge in [-0.1, -0.05) is 0 Å². The lowest BCUT2D eigenvalue weighted by molar-refractivity contribution is 0.216. The zero-order valence-corrected chi connectivity index (χ0v) is 15.2. The second kappa shape index (κ2) is 7.31. The number of carbonyl (C=O) groups excluding carboxylic acids is 1. The van der Waals surface area contributed by atoms with Gasteiger partial charge >= 0.3 is 6.03 Å². The quantitative estimate of drug-likeness (QED) is 0.899. The van der Waals surface area contributed by atoms with Gasteiger partial charge in [-0.3, -0.25) is 10.00 Å². The van der Waals surface area contributed by atoms with Crippen LogP contribution in [0, 0.1) is 12.8 Å². The highest BCUT2D eigenvalue weighted by molar-refractivity contribution is 7.09. The van der Waals surface area contributed by atoms with Gasteiger partial charge in [0.15, 0.2) is 0 Å². The molecule has 1 fully saturated rings. The van der Waals surface area contributed by atoms with Crippen LogP contribution in [0.3, 0.4) is 0 Å². The molecule has 2 amide bonds. The van der Waals surface area contributed by atoms with Crippen molar-refractivity contribution >= 4 is 23.2 Å². The molecule has 130 valence electrons. The van der Waals surface area contributed by atoms with E-state index in [2.05, 4.69) is 34.3 Å². The molecule has 2 aromatic rings. The number of likely N-dealkylation sites (tertiary alicyclic amines) is 1. The molecule has 2 aromatic heterocycles. The highest BCUT2D eigenvalue weighted by atomic mass is 32.1. The Morgan fingerprint density at radius 3 is 3.04 bits per heavy atom. The molecule has 0 bridgehead atoms. The van der Waals surface area contributed by atoms with E-state index in [1.165, 1.54) is 4.88 Å². The Morgan fingerprint density at radius 1 is 1.54 bits per heavy atom. The minimum absolute atomic E-state index is 0.0398. The number of anilines is 1. The largest absolute Gasteiger partial charge is 0.324 e. The summed E-state index contributed by atoms with van der Waals surface area (Å²) in [6.45, 7) is 5.58. The van der Waals surface area contributed by atoms with Crippen molar-refractivity contribution in [1.29, 1.82) is 0 Å². The van der Waals surface area contributed by atoms with Crippen molar-refractivity contribution in [1.82, 2.24) is 24.6 Å². The first-order valence-electron chi connectivity index (χ1n) is 8.14. The Bertz CT molecular complexity index is 696. The number of amides is 2. The molecule has 1 saturated heterocycles. The highest BCUT2D eigenvalue weighted by Crippen LogP contribution is 2.20. The first kappa shape index (κ1) is 16.9. The van der Waals surface area contributed by atoms with Crippen molar-refractivity contribution in [3.8, 4) is 0 Å². The summed E-state index contributed by atoms with van der Waals surface area (Å²) in [6, 6.07) is 1.76.